The average Bonchev–Trinajstić information content (AvgIpc) is 2.61. The quantitative estimate of drug-likeness (QED) is 0.632. The molecule has 1 aliphatic heterocycles. The molecule has 2 aromatic carbocycles. The van der Waals surface area contributed by atoms with Crippen LogP contribution in [0.25, 0.3) is 27.9 Å². The van der Waals surface area contributed by atoms with E-state index in [9.17, 15) is 0 Å². The van der Waals surface area contributed by atoms with Gasteiger partial charge in [-0.1, -0.05) is 23.4 Å². The van der Waals surface area contributed by atoms with Crippen molar-refractivity contribution in [1.29, 1.82) is 0 Å². The topological polar surface area (TPSA) is 37.4 Å². The third-order valence-electron chi connectivity index (χ3n) is 3.22. The van der Waals surface area contributed by atoms with Gasteiger partial charge in [-0.3, -0.25) is 0 Å². The number of nitrogens with zero attached hydrogens (tertiary/aromatic N) is 1. The van der Waals surface area contributed by atoms with E-state index >= 15 is 0 Å². The van der Waals surface area contributed by atoms with Gasteiger partial charge >= 0.3 is 0 Å². The molecule has 0 unspecified atom stereocenters. The second-order valence-electron chi connectivity index (χ2n) is 4.28. The summed E-state index contributed by atoms with van der Waals surface area (Å²) in [5, 5.41) is 6.17. The molecule has 0 spiro atoms. The maximum absolute atomic E-state index is 5.52. The van der Waals surface area contributed by atoms with Crippen LogP contribution in [-0.4, -0.2) is 11.2 Å². The van der Waals surface area contributed by atoms with Crippen molar-refractivity contribution in [2.24, 2.45) is 5.16 Å². The lowest BCUT2D eigenvalue weighted by molar-refractivity contribution is 0.348. The number of oxime groups is 1. The summed E-state index contributed by atoms with van der Waals surface area (Å²) in [6, 6.07) is 12.3. The summed E-state index contributed by atoms with van der Waals surface area (Å²) in [7, 11) is 0. The van der Waals surface area contributed by atoms with Gasteiger partial charge in [0.25, 0.3) is 0 Å². The Morgan fingerprint density at radius 1 is 1.00 bits per heavy atom. The van der Waals surface area contributed by atoms with Gasteiger partial charge in [-0.25, -0.2) is 0 Å². The molecule has 0 radical (unpaired) electrons. The Bertz CT molecular complexity index is 812. The van der Waals surface area contributed by atoms with E-state index in [0.29, 0.717) is 0 Å². The molecule has 0 amide bonds. The van der Waals surface area contributed by atoms with Crippen LogP contribution in [0.4, 0.5) is 0 Å². The summed E-state index contributed by atoms with van der Waals surface area (Å²) < 4.78 is 0. The van der Waals surface area contributed by atoms with Gasteiger partial charge < -0.3 is 9.82 Å². The lowest BCUT2D eigenvalue weighted by Gasteiger charge is -2.04. The Morgan fingerprint density at radius 3 is 2.94 bits per heavy atom. The predicted octanol–water partition coefficient (Wildman–Crippen LogP) is 3.71. The van der Waals surface area contributed by atoms with Crippen LogP contribution in [0.1, 0.15) is 5.56 Å². The molecule has 0 fully saturated rings. The summed E-state index contributed by atoms with van der Waals surface area (Å²) >= 11 is 0. The van der Waals surface area contributed by atoms with Gasteiger partial charge in [0.2, 0.25) is 0 Å². The number of hydrogen-bond acceptors (Lipinski definition) is 2. The first-order chi connectivity index (χ1) is 8.93. The summed E-state index contributed by atoms with van der Waals surface area (Å²) in [6.45, 7) is 0. The van der Waals surface area contributed by atoms with Crippen molar-refractivity contribution in [3.8, 4) is 5.75 Å². The van der Waals surface area contributed by atoms with Crippen molar-refractivity contribution in [2.45, 2.75) is 0 Å². The third-order valence-corrected chi connectivity index (χ3v) is 3.22. The molecule has 3 aromatic rings. The smallest absolute Gasteiger partial charge is 0.175 e. The van der Waals surface area contributed by atoms with E-state index in [2.05, 4.69) is 28.3 Å². The van der Waals surface area contributed by atoms with E-state index in [-0.39, 0.29) is 0 Å². The first kappa shape index (κ1) is 9.48. The second-order valence-corrected chi connectivity index (χ2v) is 4.28. The van der Waals surface area contributed by atoms with Crippen molar-refractivity contribution in [3.63, 3.8) is 0 Å². The van der Waals surface area contributed by atoms with Crippen molar-refractivity contribution < 1.29 is 4.84 Å². The van der Waals surface area contributed by atoms with Gasteiger partial charge in [-0.2, -0.15) is 0 Å². The number of rotatable bonds is 0. The monoisotopic (exact) mass is 234 g/mol. The van der Waals surface area contributed by atoms with Crippen molar-refractivity contribution in [2.75, 3.05) is 0 Å². The fourth-order valence-electron chi connectivity index (χ4n) is 2.42. The standard InChI is InChI=1S/C15H10N2O/c1-2-6-12-11(5-1)14-13(17-12)8-7-10-4-3-9-16-18-15(10)14/h1-9,17H. The van der Waals surface area contributed by atoms with Crippen LogP contribution < -0.4 is 4.84 Å². The minimum absolute atomic E-state index is 0.815. The number of H-pyrrole nitrogens is 1. The van der Waals surface area contributed by atoms with Crippen LogP contribution in [0.5, 0.6) is 5.75 Å². The molecule has 0 saturated carbocycles. The highest BCUT2D eigenvalue weighted by Crippen LogP contribution is 2.37. The fraction of sp³-hybridized carbons (Fsp3) is 0. The lowest BCUT2D eigenvalue weighted by Crippen LogP contribution is -1.86. The number of allylic oxidation sites excluding steroid dienone is 1. The van der Waals surface area contributed by atoms with E-state index < -0.39 is 0 Å². The van der Waals surface area contributed by atoms with E-state index in [0.717, 1.165) is 33.1 Å². The summed E-state index contributed by atoms with van der Waals surface area (Å²) in [6.07, 6.45) is 5.54. The molecule has 4 rings (SSSR count). The predicted molar refractivity (Wildman–Crippen MR) is 74.0 cm³/mol. The van der Waals surface area contributed by atoms with E-state index in [1.807, 2.05) is 30.4 Å². The molecule has 1 aromatic heterocycles. The lowest BCUT2D eigenvalue weighted by atomic mass is 10.1. The molecule has 3 heteroatoms. The molecule has 18 heavy (non-hydrogen) atoms. The second kappa shape index (κ2) is 3.47. The minimum atomic E-state index is 0.815. The van der Waals surface area contributed by atoms with Crippen LogP contribution in [0.15, 0.2) is 47.6 Å². The number of aromatic nitrogens is 1. The first-order valence-corrected chi connectivity index (χ1v) is 5.84. The molecule has 0 saturated heterocycles. The highest BCUT2D eigenvalue weighted by Gasteiger charge is 2.13. The molecule has 86 valence electrons. The molecule has 3 nitrogen and oxygen atoms in total. The van der Waals surface area contributed by atoms with Gasteiger partial charge in [0.15, 0.2) is 5.75 Å². The van der Waals surface area contributed by atoms with E-state index in [1.54, 1.807) is 6.21 Å². The van der Waals surface area contributed by atoms with Crippen LogP contribution in [0.2, 0.25) is 0 Å². The zero-order valence-corrected chi connectivity index (χ0v) is 9.55. The maximum atomic E-state index is 5.52. The Labute approximate surface area is 103 Å². The van der Waals surface area contributed by atoms with Crippen molar-refractivity contribution in [1.82, 2.24) is 4.98 Å². The highest BCUT2D eigenvalue weighted by molar-refractivity contribution is 6.11. The van der Waals surface area contributed by atoms with Gasteiger partial charge in [-0.05, 0) is 30.4 Å². The molecule has 1 aliphatic rings. The number of hydrogen-bond donors (Lipinski definition) is 1. The minimum Gasteiger partial charge on any atom is -0.356 e. The maximum Gasteiger partial charge on any atom is 0.175 e. The molecule has 1 N–H and O–H groups in total. The van der Waals surface area contributed by atoms with Crippen molar-refractivity contribution in [3.05, 3.63) is 48.0 Å². The van der Waals surface area contributed by atoms with E-state index in [4.69, 9.17) is 4.84 Å². The Balaban J connectivity index is 2.21. The molecule has 0 bridgehead atoms. The zero-order chi connectivity index (χ0) is 11.9. The van der Waals surface area contributed by atoms with Crippen LogP contribution in [-0.2, 0) is 0 Å². The zero-order valence-electron chi connectivity index (χ0n) is 9.55. The fourth-order valence-corrected chi connectivity index (χ4v) is 2.42. The summed E-state index contributed by atoms with van der Waals surface area (Å²) in [4.78, 5) is 8.91. The Morgan fingerprint density at radius 2 is 1.94 bits per heavy atom. The number of benzene rings is 2. The first-order valence-electron chi connectivity index (χ1n) is 5.84. The van der Waals surface area contributed by atoms with Gasteiger partial charge in [-0.15, -0.1) is 0 Å². The highest BCUT2D eigenvalue weighted by atomic mass is 16.6. The molecular formula is C15H10N2O. The molecule has 2 heterocycles. The van der Waals surface area contributed by atoms with E-state index in [1.165, 1.54) is 0 Å². The summed E-state index contributed by atoms with van der Waals surface area (Å²) in [5.74, 6) is 0.815. The average molecular weight is 234 g/mol. The van der Waals surface area contributed by atoms with Gasteiger partial charge in [0.1, 0.15) is 0 Å². The SMILES string of the molecule is C1=Cc2ccc3[nH]c4ccccc4c3c2ON=C1. The third kappa shape index (κ3) is 1.21. The molecular weight excluding hydrogens is 224 g/mol. The Kier molecular flexibility index (Phi) is 1.83. The molecule has 0 aliphatic carbocycles. The molecule has 0 atom stereocenters. The van der Waals surface area contributed by atoms with Gasteiger partial charge in [0.05, 0.1) is 17.1 Å². The summed E-state index contributed by atoms with van der Waals surface area (Å²) in [5.41, 5.74) is 3.23. The van der Waals surface area contributed by atoms with Crippen molar-refractivity contribution >= 4 is 34.1 Å². The number of aromatic amines is 1. The number of fused-ring (bicyclic) bond motifs is 5. The van der Waals surface area contributed by atoms with Gasteiger partial charge in [0, 0.05) is 16.5 Å². The normalized spacial score (nSPS) is 13.6. The largest absolute Gasteiger partial charge is 0.356 e. The number of nitrogens with one attached hydrogen (secondary N) is 1. The van der Waals surface area contributed by atoms with Crippen LogP contribution >= 0.6 is 0 Å². The number of para-hydroxylation sites is 1. The van der Waals surface area contributed by atoms with Crippen LogP contribution in [0, 0.1) is 0 Å². The van der Waals surface area contributed by atoms with Crippen LogP contribution in [0.3, 0.4) is 0 Å². The Hall–Kier alpha value is -2.55.